The molecule has 3 amide bonds. The zero-order valence-corrected chi connectivity index (χ0v) is 19.7. The van der Waals surface area contributed by atoms with Crippen LogP contribution in [0.3, 0.4) is 0 Å². The normalized spacial score (nSPS) is 22.2. The zero-order valence-electron chi connectivity index (χ0n) is 18.8. The fourth-order valence-corrected chi connectivity index (χ4v) is 4.78. The van der Waals surface area contributed by atoms with Crippen LogP contribution in [-0.2, 0) is 33.9 Å². The Balaban J connectivity index is 1.64. The molecule has 1 aromatic carbocycles. The van der Waals surface area contributed by atoms with Gasteiger partial charge in [0.1, 0.15) is 6.04 Å². The molecule has 0 radical (unpaired) electrons. The van der Waals surface area contributed by atoms with Gasteiger partial charge in [0.25, 0.3) is 5.91 Å². The second kappa shape index (κ2) is 9.44. The van der Waals surface area contributed by atoms with E-state index in [9.17, 15) is 27.6 Å². The van der Waals surface area contributed by atoms with Gasteiger partial charge in [-0.05, 0) is 44.9 Å². The molecule has 0 bridgehead atoms. The number of likely N-dealkylation sites (tertiary alicyclic amines) is 1. The van der Waals surface area contributed by atoms with Crippen LogP contribution < -0.4 is 5.32 Å². The van der Waals surface area contributed by atoms with E-state index < -0.39 is 57.7 Å². The molecule has 0 unspecified atom stereocenters. The molecule has 1 fully saturated rings. The lowest BCUT2D eigenvalue weighted by molar-refractivity contribution is -0.163. The molecule has 1 heterocycles. The summed E-state index contributed by atoms with van der Waals surface area (Å²) in [6.07, 6.45) is 3.36. The number of carbonyl (C=O) groups excluding carboxylic acids is 4. The highest BCUT2D eigenvalue weighted by Gasteiger charge is 2.50. The van der Waals surface area contributed by atoms with Gasteiger partial charge >= 0.3 is 5.97 Å². The summed E-state index contributed by atoms with van der Waals surface area (Å²) in [4.78, 5) is 51.3. The minimum absolute atomic E-state index is 0.00872. The van der Waals surface area contributed by atoms with Crippen molar-refractivity contribution in [2.45, 2.75) is 43.7 Å². The summed E-state index contributed by atoms with van der Waals surface area (Å²) in [6.45, 7) is 2.74. The third kappa shape index (κ3) is 4.83. The fraction of sp³-hybridized carbons (Fsp3) is 0.455. The number of hydrogen-bond donors (Lipinski definition) is 1. The molecule has 10 nitrogen and oxygen atoms in total. The molecule has 178 valence electrons. The predicted molar refractivity (Wildman–Crippen MR) is 118 cm³/mol. The van der Waals surface area contributed by atoms with Crippen LogP contribution in [0.4, 0.5) is 5.69 Å². The van der Waals surface area contributed by atoms with E-state index in [0.717, 1.165) is 9.21 Å². The topological polar surface area (TPSA) is 130 Å². The van der Waals surface area contributed by atoms with Gasteiger partial charge in [0, 0.05) is 19.8 Å². The molecule has 2 aliphatic rings. The minimum atomic E-state index is -3.69. The maximum Gasteiger partial charge on any atom is 0.329 e. The molecule has 0 spiro atoms. The number of rotatable bonds is 7. The molecule has 4 atom stereocenters. The van der Waals surface area contributed by atoms with E-state index in [1.807, 2.05) is 12.2 Å². The van der Waals surface area contributed by atoms with Gasteiger partial charge in [-0.25, -0.2) is 17.5 Å². The van der Waals surface area contributed by atoms with Crippen molar-refractivity contribution >= 4 is 39.4 Å². The standard InChI is InChI=1S/C22H27N3O7S/c1-13(25-20(27)17-10-5-6-11-18(17)21(25)28)22(29)32-14(2)19(26)23-15-8-7-9-16(12-15)33(30,31)24(3)4/h5-9,12-14,17-18H,10-11H2,1-4H3,(H,23,26)/t13-,14-,17+,18+/m0/s1. The van der Waals surface area contributed by atoms with E-state index in [2.05, 4.69) is 5.32 Å². The van der Waals surface area contributed by atoms with Crippen LogP contribution in [0.2, 0.25) is 0 Å². The van der Waals surface area contributed by atoms with Crippen LogP contribution in [0.1, 0.15) is 26.7 Å². The number of amides is 3. The van der Waals surface area contributed by atoms with Gasteiger partial charge in [-0.3, -0.25) is 19.3 Å². The van der Waals surface area contributed by atoms with Crippen molar-refractivity contribution in [2.75, 3.05) is 19.4 Å². The molecule has 11 heteroatoms. The summed E-state index contributed by atoms with van der Waals surface area (Å²) in [5.41, 5.74) is 0.209. The Morgan fingerprint density at radius 3 is 2.21 bits per heavy atom. The summed E-state index contributed by atoms with van der Waals surface area (Å²) in [5.74, 6) is -3.32. The summed E-state index contributed by atoms with van der Waals surface area (Å²) in [6, 6.07) is 4.50. The first-order valence-corrected chi connectivity index (χ1v) is 11.9. The van der Waals surface area contributed by atoms with Gasteiger partial charge in [-0.2, -0.15) is 0 Å². The molecule has 1 aromatic rings. The highest BCUT2D eigenvalue weighted by atomic mass is 32.2. The number of sulfonamides is 1. The van der Waals surface area contributed by atoms with E-state index in [0.29, 0.717) is 12.8 Å². The van der Waals surface area contributed by atoms with Gasteiger partial charge < -0.3 is 10.1 Å². The molecular formula is C22H27N3O7S. The van der Waals surface area contributed by atoms with E-state index in [1.165, 1.54) is 52.2 Å². The predicted octanol–water partition coefficient (Wildman–Crippen LogP) is 1.15. The van der Waals surface area contributed by atoms with Gasteiger partial charge in [0.2, 0.25) is 21.8 Å². The highest BCUT2D eigenvalue weighted by molar-refractivity contribution is 7.89. The Morgan fingerprint density at radius 1 is 1.09 bits per heavy atom. The number of hydrogen-bond acceptors (Lipinski definition) is 7. The first-order chi connectivity index (χ1) is 15.4. The number of anilines is 1. The molecule has 1 N–H and O–H groups in total. The van der Waals surface area contributed by atoms with Gasteiger partial charge in [-0.1, -0.05) is 18.2 Å². The molecule has 0 saturated carbocycles. The number of fused-ring (bicyclic) bond motifs is 1. The van der Waals surface area contributed by atoms with Crippen molar-refractivity contribution in [3.05, 3.63) is 36.4 Å². The van der Waals surface area contributed by atoms with Crippen LogP contribution in [0, 0.1) is 11.8 Å². The summed E-state index contributed by atoms with van der Waals surface area (Å²) >= 11 is 0. The summed E-state index contributed by atoms with van der Waals surface area (Å²) in [7, 11) is -0.905. The largest absolute Gasteiger partial charge is 0.451 e. The molecular weight excluding hydrogens is 450 g/mol. The SMILES string of the molecule is C[C@H](OC(=O)[C@H](C)N1C(=O)[C@@H]2CC=CC[C@H]2C1=O)C(=O)Nc1cccc(S(=O)(=O)N(C)C)c1. The molecule has 0 aromatic heterocycles. The number of nitrogens with zero attached hydrogens (tertiary/aromatic N) is 2. The number of allylic oxidation sites excluding steroid dienone is 2. The third-order valence-electron chi connectivity index (χ3n) is 5.81. The first-order valence-electron chi connectivity index (χ1n) is 10.5. The number of carbonyl (C=O) groups is 4. The van der Waals surface area contributed by atoms with Crippen molar-refractivity contribution < 1.29 is 32.3 Å². The van der Waals surface area contributed by atoms with Crippen LogP contribution in [0.25, 0.3) is 0 Å². The molecule has 1 aliphatic carbocycles. The van der Waals surface area contributed by atoms with E-state index in [4.69, 9.17) is 4.74 Å². The summed E-state index contributed by atoms with van der Waals surface area (Å²) < 4.78 is 30.8. The number of benzene rings is 1. The van der Waals surface area contributed by atoms with E-state index >= 15 is 0 Å². The van der Waals surface area contributed by atoms with Crippen molar-refractivity contribution in [1.29, 1.82) is 0 Å². The third-order valence-corrected chi connectivity index (χ3v) is 7.62. The average Bonchev–Trinajstić information content (AvgIpc) is 3.03. The summed E-state index contributed by atoms with van der Waals surface area (Å²) in [5, 5.41) is 2.51. The average molecular weight is 478 g/mol. The molecule has 1 saturated heterocycles. The lowest BCUT2D eigenvalue weighted by atomic mass is 9.85. The van der Waals surface area contributed by atoms with Gasteiger partial charge in [-0.15, -0.1) is 0 Å². The Morgan fingerprint density at radius 2 is 1.67 bits per heavy atom. The van der Waals surface area contributed by atoms with Crippen LogP contribution >= 0.6 is 0 Å². The number of esters is 1. The maximum atomic E-state index is 12.6. The van der Waals surface area contributed by atoms with Crippen molar-refractivity contribution in [3.8, 4) is 0 Å². The quantitative estimate of drug-likeness (QED) is 0.354. The Kier molecular flexibility index (Phi) is 7.03. The smallest absolute Gasteiger partial charge is 0.329 e. The second-order valence-electron chi connectivity index (χ2n) is 8.26. The molecule has 1 aliphatic heterocycles. The fourth-order valence-electron chi connectivity index (χ4n) is 3.83. The Hall–Kier alpha value is -3.05. The van der Waals surface area contributed by atoms with Crippen LogP contribution in [0.15, 0.2) is 41.3 Å². The number of ether oxygens (including phenoxy) is 1. The molecule has 3 rings (SSSR count). The zero-order chi connectivity index (χ0) is 24.5. The Bertz CT molecular complexity index is 1090. The van der Waals surface area contributed by atoms with Crippen molar-refractivity contribution in [1.82, 2.24) is 9.21 Å². The highest BCUT2D eigenvalue weighted by Crippen LogP contribution is 2.36. The van der Waals surface area contributed by atoms with Crippen LogP contribution in [0.5, 0.6) is 0 Å². The van der Waals surface area contributed by atoms with Crippen molar-refractivity contribution in [3.63, 3.8) is 0 Å². The lowest BCUT2D eigenvalue weighted by Gasteiger charge is -2.23. The van der Waals surface area contributed by atoms with Gasteiger partial charge in [0.15, 0.2) is 6.10 Å². The first kappa shape index (κ1) is 24.6. The maximum absolute atomic E-state index is 12.6. The second-order valence-corrected chi connectivity index (χ2v) is 10.4. The van der Waals surface area contributed by atoms with Gasteiger partial charge in [0.05, 0.1) is 16.7 Å². The monoisotopic (exact) mass is 477 g/mol. The minimum Gasteiger partial charge on any atom is -0.451 e. The molecule has 33 heavy (non-hydrogen) atoms. The van der Waals surface area contributed by atoms with E-state index in [-0.39, 0.29) is 10.6 Å². The van der Waals surface area contributed by atoms with E-state index in [1.54, 1.807) is 0 Å². The van der Waals surface area contributed by atoms with Crippen molar-refractivity contribution in [2.24, 2.45) is 11.8 Å². The number of nitrogens with one attached hydrogen (secondary N) is 1. The number of imide groups is 1. The van der Waals surface area contributed by atoms with Crippen LogP contribution in [-0.4, -0.2) is 67.6 Å². The lowest BCUT2D eigenvalue weighted by Crippen LogP contribution is -2.46. The Labute approximate surface area is 192 Å².